The van der Waals surface area contributed by atoms with Crippen LogP contribution in [0.15, 0.2) is 46.1 Å². The highest BCUT2D eigenvalue weighted by Crippen LogP contribution is 2.53. The number of aliphatic hydroxyl groups is 1. The average Bonchev–Trinajstić information content (AvgIpc) is 2.68. The van der Waals surface area contributed by atoms with Crippen LogP contribution in [0.3, 0.4) is 0 Å². The Labute approximate surface area is 161 Å². The first-order valence-corrected chi connectivity index (χ1v) is 10.2. The van der Waals surface area contributed by atoms with Crippen LogP contribution in [-0.2, 0) is 14.6 Å². The van der Waals surface area contributed by atoms with Gasteiger partial charge in [0.1, 0.15) is 23.5 Å². The van der Waals surface area contributed by atoms with Crippen LogP contribution in [0.5, 0.6) is 0 Å². The molecular weight excluding hydrogens is 463 g/mol. The van der Waals surface area contributed by atoms with Gasteiger partial charge in [-0.1, -0.05) is 22.0 Å². The third-order valence-corrected chi connectivity index (χ3v) is 7.10. The molecule has 0 radical (unpaired) electrons. The summed E-state index contributed by atoms with van der Waals surface area (Å²) in [6.07, 6.45) is -3.15. The van der Waals surface area contributed by atoms with Gasteiger partial charge in [-0.3, -0.25) is 0 Å². The summed E-state index contributed by atoms with van der Waals surface area (Å²) in [5.74, 6) is -4.62. The lowest BCUT2D eigenvalue weighted by atomic mass is 9.83. The molecule has 11 heteroatoms. The van der Waals surface area contributed by atoms with E-state index in [-0.39, 0.29) is 16.0 Å². The molecule has 1 saturated heterocycles. The van der Waals surface area contributed by atoms with Gasteiger partial charge in [0.25, 0.3) is 0 Å². The van der Waals surface area contributed by atoms with E-state index in [2.05, 4.69) is 15.9 Å². The number of fused-ring (bicyclic) bond motifs is 1. The number of rotatable bonds is 4. The minimum atomic E-state index is -5.20. The maximum absolute atomic E-state index is 13.5. The predicted molar refractivity (Wildman–Crippen MR) is 91.8 cm³/mol. The number of ether oxygens (including phenoxy) is 1. The van der Waals surface area contributed by atoms with Gasteiger partial charge < -0.3 is 9.84 Å². The van der Waals surface area contributed by atoms with E-state index in [0.29, 0.717) is 6.08 Å². The van der Waals surface area contributed by atoms with Crippen molar-refractivity contribution in [3.63, 3.8) is 0 Å². The Morgan fingerprint density at radius 2 is 2.07 bits per heavy atom. The number of hydrogen-bond acceptors (Lipinski definition) is 4. The molecule has 0 aromatic carbocycles. The largest absolute Gasteiger partial charge is 0.461 e. The monoisotopic (exact) mass is 478 g/mol. The van der Waals surface area contributed by atoms with E-state index >= 15 is 0 Å². The molecule has 1 aliphatic heterocycles. The predicted octanol–water partition coefficient (Wildman–Crippen LogP) is 4.00. The molecule has 0 spiro atoms. The molecule has 0 amide bonds. The minimum absolute atomic E-state index is 0.115. The molecule has 4 nitrogen and oxygen atoms in total. The molecule has 0 aromatic heterocycles. The Morgan fingerprint density at radius 3 is 2.59 bits per heavy atom. The van der Waals surface area contributed by atoms with Gasteiger partial charge in [-0.2, -0.15) is 13.2 Å². The Hall–Kier alpha value is -1.20. The summed E-state index contributed by atoms with van der Waals surface area (Å²) in [7, 11) is -4.26. The number of hydrogen-bond donors (Lipinski definition) is 1. The van der Waals surface area contributed by atoms with Crippen LogP contribution in [0, 0.1) is 5.92 Å². The fourth-order valence-electron chi connectivity index (χ4n) is 2.98. The molecule has 1 heterocycles. The second kappa shape index (κ2) is 7.32. The van der Waals surface area contributed by atoms with Crippen molar-refractivity contribution in [2.75, 3.05) is 5.75 Å². The van der Waals surface area contributed by atoms with E-state index in [0.717, 1.165) is 25.2 Å². The molecule has 0 saturated carbocycles. The molecular formula is C16H16BrF5O4S. The average molecular weight is 479 g/mol. The van der Waals surface area contributed by atoms with E-state index in [1.54, 1.807) is 0 Å². The minimum Gasteiger partial charge on any atom is -0.461 e. The van der Waals surface area contributed by atoms with Crippen molar-refractivity contribution >= 4 is 25.8 Å². The quantitative estimate of drug-likeness (QED) is 0.376. The van der Waals surface area contributed by atoms with Crippen LogP contribution in [0.4, 0.5) is 22.0 Å². The van der Waals surface area contributed by atoms with Gasteiger partial charge in [0, 0.05) is 10.6 Å². The van der Waals surface area contributed by atoms with Crippen molar-refractivity contribution in [2.45, 2.75) is 37.0 Å². The molecule has 1 fully saturated rings. The first kappa shape index (κ1) is 22.1. The van der Waals surface area contributed by atoms with E-state index in [1.807, 2.05) is 0 Å². The summed E-state index contributed by atoms with van der Waals surface area (Å²) >= 11 is 2.90. The highest BCUT2D eigenvalue weighted by molar-refractivity contribution is 9.11. The van der Waals surface area contributed by atoms with Crippen molar-refractivity contribution < 1.29 is 40.2 Å². The number of allylic oxidation sites excluding steroid dienone is 5. The molecule has 4 unspecified atom stereocenters. The van der Waals surface area contributed by atoms with E-state index < -0.39 is 50.5 Å². The fourth-order valence-corrected chi connectivity index (χ4v) is 6.27. The standard InChI is InChI=1S/C16H16BrF5O4S/c1-8(18)5-10(19)6-9(2)26-11-3-4-12-13(14(11)17)15(23,16(20,21)22)7-27(12,24)25/h3-6,8,12-13,23H,7H2,1-2H3/b9-6+,10-5+. The van der Waals surface area contributed by atoms with Crippen LogP contribution in [-0.4, -0.2) is 42.5 Å². The normalized spacial score (nSPS) is 32.5. The third-order valence-electron chi connectivity index (χ3n) is 4.12. The molecule has 1 N–H and O–H groups in total. The topological polar surface area (TPSA) is 63.6 Å². The smallest absolute Gasteiger partial charge is 0.418 e. The summed E-state index contributed by atoms with van der Waals surface area (Å²) in [5.41, 5.74) is -3.50. The van der Waals surface area contributed by atoms with E-state index in [9.17, 15) is 35.5 Å². The molecule has 2 aliphatic rings. The SMILES string of the molecule is C/C(=C\C(F)=C/C(C)F)OC1=C(Br)C2C(C=C1)S(=O)(=O)CC2(O)C(F)(F)F. The van der Waals surface area contributed by atoms with Crippen molar-refractivity contribution in [3.05, 3.63) is 46.1 Å². The molecule has 2 rings (SSSR count). The Kier molecular flexibility index (Phi) is 5.99. The first-order valence-electron chi connectivity index (χ1n) is 7.65. The van der Waals surface area contributed by atoms with Crippen LogP contribution >= 0.6 is 15.9 Å². The Bertz CT molecular complexity index is 841. The van der Waals surface area contributed by atoms with Gasteiger partial charge in [-0.15, -0.1) is 0 Å². The lowest BCUT2D eigenvalue weighted by molar-refractivity contribution is -0.261. The summed E-state index contributed by atoms with van der Waals surface area (Å²) in [4.78, 5) is 0. The summed E-state index contributed by atoms with van der Waals surface area (Å²) in [6, 6.07) is 0. The summed E-state index contributed by atoms with van der Waals surface area (Å²) < 4.78 is 95.5. The van der Waals surface area contributed by atoms with E-state index in [4.69, 9.17) is 4.74 Å². The summed E-state index contributed by atoms with van der Waals surface area (Å²) in [6.45, 7) is 2.39. The third kappa shape index (κ3) is 4.29. The molecule has 1 aliphatic carbocycles. The highest BCUT2D eigenvalue weighted by atomic mass is 79.9. The van der Waals surface area contributed by atoms with Gasteiger partial charge in [-0.05, 0) is 26.0 Å². The first-order chi connectivity index (χ1) is 12.2. The lowest BCUT2D eigenvalue weighted by Crippen LogP contribution is -2.52. The van der Waals surface area contributed by atoms with Gasteiger partial charge >= 0.3 is 6.18 Å². The second-order valence-electron chi connectivity index (χ2n) is 6.33. The fraction of sp³-hybridized carbons (Fsp3) is 0.500. The van der Waals surface area contributed by atoms with Crippen molar-refractivity contribution in [1.29, 1.82) is 0 Å². The highest BCUT2D eigenvalue weighted by Gasteiger charge is 2.69. The zero-order valence-electron chi connectivity index (χ0n) is 14.1. The van der Waals surface area contributed by atoms with Crippen LogP contribution in [0.2, 0.25) is 0 Å². The van der Waals surface area contributed by atoms with Crippen molar-refractivity contribution in [2.24, 2.45) is 5.92 Å². The van der Waals surface area contributed by atoms with Gasteiger partial charge in [-0.25, -0.2) is 17.2 Å². The summed E-state index contributed by atoms with van der Waals surface area (Å²) in [5, 5.41) is 8.56. The number of sulfone groups is 1. The lowest BCUT2D eigenvalue weighted by Gasteiger charge is -2.34. The zero-order chi connectivity index (χ0) is 20.8. The van der Waals surface area contributed by atoms with Gasteiger partial charge in [0.05, 0.1) is 16.9 Å². The zero-order valence-corrected chi connectivity index (χ0v) is 16.5. The molecule has 152 valence electrons. The maximum atomic E-state index is 13.5. The Balaban J connectivity index is 2.42. The number of alkyl halides is 4. The molecule has 4 atom stereocenters. The van der Waals surface area contributed by atoms with Crippen LogP contribution in [0.1, 0.15) is 13.8 Å². The van der Waals surface area contributed by atoms with Gasteiger partial charge in [0.2, 0.25) is 0 Å². The Morgan fingerprint density at radius 1 is 1.48 bits per heavy atom. The van der Waals surface area contributed by atoms with Crippen LogP contribution < -0.4 is 0 Å². The van der Waals surface area contributed by atoms with Crippen LogP contribution in [0.25, 0.3) is 0 Å². The van der Waals surface area contributed by atoms with Crippen molar-refractivity contribution in [3.8, 4) is 0 Å². The number of halogens is 6. The second-order valence-corrected chi connectivity index (χ2v) is 9.34. The van der Waals surface area contributed by atoms with Gasteiger partial charge in [0.15, 0.2) is 15.4 Å². The van der Waals surface area contributed by atoms with E-state index in [1.165, 1.54) is 6.92 Å². The molecule has 0 bridgehead atoms. The maximum Gasteiger partial charge on any atom is 0.418 e. The molecule has 0 aromatic rings. The van der Waals surface area contributed by atoms with Crippen molar-refractivity contribution in [1.82, 2.24) is 0 Å². The molecule has 27 heavy (non-hydrogen) atoms.